The fraction of sp³-hybridized carbons (Fsp3) is 0. The third-order valence-electron chi connectivity index (χ3n) is 1.31. The van der Waals surface area contributed by atoms with Crippen molar-refractivity contribution in [3.63, 3.8) is 0 Å². The Hall–Kier alpha value is -0.850. The number of non-ortho nitro benzene ring substituents is 1. The second-order valence-electron chi connectivity index (χ2n) is 2.19. The van der Waals surface area contributed by atoms with Gasteiger partial charge in [-0.25, -0.2) is 8.42 Å². The van der Waals surface area contributed by atoms with E-state index in [1.807, 2.05) is 0 Å². The zero-order valence-electron chi connectivity index (χ0n) is 6.58. The van der Waals surface area contributed by atoms with Gasteiger partial charge in [-0.3, -0.25) is 10.1 Å². The van der Waals surface area contributed by atoms with Crippen LogP contribution in [0.1, 0.15) is 0 Å². The van der Waals surface area contributed by atoms with Crippen molar-refractivity contribution in [2.75, 3.05) is 0 Å². The number of hydrogen-bond donors (Lipinski definition) is 0. The number of rotatable bonds is 2. The molecule has 14 heavy (non-hydrogen) atoms. The van der Waals surface area contributed by atoms with Crippen molar-refractivity contribution in [1.82, 2.24) is 0 Å². The maximum Gasteiger partial charge on any atom is 0.270 e. The molecule has 0 fully saturated rings. The van der Waals surface area contributed by atoms with E-state index < -0.39 is 14.0 Å². The molecule has 0 aliphatic rings. The van der Waals surface area contributed by atoms with Gasteiger partial charge in [-0.15, -0.1) is 12.4 Å². The first-order valence-corrected chi connectivity index (χ1v) is 5.41. The molecule has 0 bridgehead atoms. The predicted molar refractivity (Wildman–Crippen MR) is 53.4 cm³/mol. The van der Waals surface area contributed by atoms with Gasteiger partial charge in [0.15, 0.2) is 0 Å². The van der Waals surface area contributed by atoms with E-state index in [4.69, 9.17) is 10.7 Å². The lowest BCUT2D eigenvalue weighted by atomic mass is 10.3. The number of nitro benzene ring substituents is 1. The summed E-state index contributed by atoms with van der Waals surface area (Å²) in [6.07, 6.45) is 0. The summed E-state index contributed by atoms with van der Waals surface area (Å²) in [6.45, 7) is 0. The highest BCUT2D eigenvalue weighted by Crippen LogP contribution is 2.19. The Balaban J connectivity index is 0.00000169. The van der Waals surface area contributed by atoms with E-state index in [1.165, 1.54) is 18.2 Å². The van der Waals surface area contributed by atoms with Crippen LogP contribution in [0.4, 0.5) is 5.69 Å². The van der Waals surface area contributed by atoms with E-state index in [0.29, 0.717) is 0 Å². The van der Waals surface area contributed by atoms with Gasteiger partial charge in [0.1, 0.15) is 0 Å². The molecule has 0 aliphatic heterocycles. The highest BCUT2D eigenvalue weighted by atomic mass is 35.7. The molecule has 0 radical (unpaired) electrons. The van der Waals surface area contributed by atoms with Gasteiger partial charge in [-0.2, -0.15) is 0 Å². The summed E-state index contributed by atoms with van der Waals surface area (Å²) in [5, 5.41) is 10.2. The standard InChI is InChI=1S/C6H4ClNO4S.ClH/c7-13(11,12)6-3-1-2-5(4-6)8(9)10;/h1-4H;1H. The van der Waals surface area contributed by atoms with Crippen LogP contribution < -0.4 is 0 Å². The van der Waals surface area contributed by atoms with Crippen molar-refractivity contribution < 1.29 is 13.3 Å². The van der Waals surface area contributed by atoms with Crippen molar-refractivity contribution in [3.05, 3.63) is 34.4 Å². The Kier molecular flexibility index (Phi) is 4.31. The highest BCUT2D eigenvalue weighted by molar-refractivity contribution is 8.13. The highest BCUT2D eigenvalue weighted by Gasteiger charge is 2.13. The quantitative estimate of drug-likeness (QED) is 0.461. The van der Waals surface area contributed by atoms with Gasteiger partial charge in [-0.1, -0.05) is 6.07 Å². The molecule has 0 aliphatic carbocycles. The van der Waals surface area contributed by atoms with E-state index >= 15 is 0 Å². The molecule has 1 rings (SSSR count). The summed E-state index contributed by atoms with van der Waals surface area (Å²) in [5.41, 5.74) is -0.304. The average molecular weight is 258 g/mol. The topological polar surface area (TPSA) is 77.3 Å². The second kappa shape index (κ2) is 4.59. The average Bonchev–Trinajstić information content (AvgIpc) is 2.03. The molecule has 0 unspecified atom stereocenters. The third kappa shape index (κ3) is 3.13. The molecule has 0 N–H and O–H groups in total. The molecule has 0 saturated carbocycles. The zero-order valence-corrected chi connectivity index (χ0v) is 8.97. The van der Waals surface area contributed by atoms with E-state index in [1.54, 1.807) is 0 Å². The number of hydrogen-bond acceptors (Lipinski definition) is 4. The lowest BCUT2D eigenvalue weighted by molar-refractivity contribution is -0.385. The molecule has 0 atom stereocenters. The van der Waals surface area contributed by atoms with Crippen molar-refractivity contribution >= 4 is 37.8 Å². The Morgan fingerprint density at radius 1 is 1.36 bits per heavy atom. The number of nitrogens with zero attached hydrogens (tertiary/aromatic N) is 1. The molecule has 0 saturated heterocycles. The smallest absolute Gasteiger partial charge is 0.258 e. The fourth-order valence-electron chi connectivity index (χ4n) is 0.749. The lowest BCUT2D eigenvalue weighted by Gasteiger charge is -1.94. The molecule has 78 valence electrons. The minimum Gasteiger partial charge on any atom is -0.258 e. The van der Waals surface area contributed by atoms with Crippen LogP contribution in [0.5, 0.6) is 0 Å². The van der Waals surface area contributed by atoms with Crippen molar-refractivity contribution in [3.8, 4) is 0 Å². The summed E-state index contributed by atoms with van der Waals surface area (Å²) in [5.74, 6) is 0. The van der Waals surface area contributed by atoms with Gasteiger partial charge in [0.05, 0.1) is 9.82 Å². The first-order valence-electron chi connectivity index (χ1n) is 3.10. The monoisotopic (exact) mass is 257 g/mol. The molecular weight excluding hydrogens is 253 g/mol. The first-order chi connectivity index (χ1) is 5.91. The molecule has 0 aromatic heterocycles. The molecule has 8 heteroatoms. The molecule has 1 aromatic rings. The molecule has 0 spiro atoms. The second-order valence-corrected chi connectivity index (χ2v) is 4.76. The van der Waals surface area contributed by atoms with E-state index in [0.717, 1.165) is 6.07 Å². The number of halogens is 2. The van der Waals surface area contributed by atoms with Gasteiger partial charge >= 0.3 is 0 Å². The zero-order chi connectivity index (χ0) is 10.1. The Morgan fingerprint density at radius 3 is 2.36 bits per heavy atom. The van der Waals surface area contributed by atoms with Crippen LogP contribution in [0, 0.1) is 10.1 Å². The minimum atomic E-state index is -3.89. The Labute approximate surface area is 90.7 Å². The van der Waals surface area contributed by atoms with Crippen LogP contribution in [0.3, 0.4) is 0 Å². The normalized spacial score (nSPS) is 10.4. The molecule has 0 heterocycles. The van der Waals surface area contributed by atoms with Gasteiger partial charge in [0.25, 0.3) is 14.7 Å². The maximum absolute atomic E-state index is 10.8. The first kappa shape index (κ1) is 13.2. The van der Waals surface area contributed by atoms with Crippen molar-refractivity contribution in [2.45, 2.75) is 4.90 Å². The molecule has 0 amide bonds. The fourth-order valence-corrected chi connectivity index (χ4v) is 1.54. The summed E-state index contributed by atoms with van der Waals surface area (Å²) in [7, 11) is 1.09. The van der Waals surface area contributed by atoms with E-state index in [2.05, 4.69) is 0 Å². The van der Waals surface area contributed by atoms with Gasteiger partial charge in [0.2, 0.25) is 0 Å². The summed E-state index contributed by atoms with van der Waals surface area (Å²) in [6, 6.07) is 4.54. The third-order valence-corrected chi connectivity index (χ3v) is 2.66. The van der Waals surface area contributed by atoms with E-state index in [-0.39, 0.29) is 23.0 Å². The Bertz CT molecular complexity index is 445. The van der Waals surface area contributed by atoms with E-state index in [9.17, 15) is 18.5 Å². The number of benzene rings is 1. The van der Waals surface area contributed by atoms with Crippen LogP contribution in [0.15, 0.2) is 29.2 Å². The van der Waals surface area contributed by atoms with Crippen molar-refractivity contribution in [2.24, 2.45) is 0 Å². The molecule has 5 nitrogen and oxygen atoms in total. The van der Waals surface area contributed by atoms with Crippen LogP contribution in [-0.4, -0.2) is 13.3 Å². The Morgan fingerprint density at radius 2 is 1.93 bits per heavy atom. The van der Waals surface area contributed by atoms with Gasteiger partial charge in [-0.05, 0) is 6.07 Å². The predicted octanol–water partition coefficient (Wildman–Crippen LogP) is 1.94. The van der Waals surface area contributed by atoms with Gasteiger partial charge < -0.3 is 0 Å². The van der Waals surface area contributed by atoms with Crippen LogP contribution >= 0.6 is 23.1 Å². The number of nitro groups is 1. The van der Waals surface area contributed by atoms with Crippen molar-refractivity contribution in [1.29, 1.82) is 0 Å². The minimum absolute atomic E-state index is 0. The molecular formula is C6H5Cl2NO4S. The SMILES string of the molecule is Cl.O=[N+]([O-])c1cccc(S(=O)(=O)Cl)c1. The van der Waals surface area contributed by atoms with Crippen LogP contribution in [0.2, 0.25) is 0 Å². The van der Waals surface area contributed by atoms with Crippen LogP contribution in [-0.2, 0) is 9.05 Å². The summed E-state index contributed by atoms with van der Waals surface area (Å²) in [4.78, 5) is 9.28. The lowest BCUT2D eigenvalue weighted by Crippen LogP contribution is -1.93. The maximum atomic E-state index is 10.8. The largest absolute Gasteiger partial charge is 0.270 e. The van der Waals surface area contributed by atoms with Crippen LogP contribution in [0.25, 0.3) is 0 Å². The van der Waals surface area contributed by atoms with Gasteiger partial charge in [0, 0.05) is 22.8 Å². The summed E-state index contributed by atoms with van der Waals surface area (Å²) < 4.78 is 21.5. The molecule has 1 aromatic carbocycles. The summed E-state index contributed by atoms with van der Waals surface area (Å²) >= 11 is 0.